The summed E-state index contributed by atoms with van der Waals surface area (Å²) in [7, 11) is -3.64. The van der Waals surface area contributed by atoms with Crippen molar-refractivity contribution < 1.29 is 22.7 Å². The number of anilines is 1. The van der Waals surface area contributed by atoms with Gasteiger partial charge in [-0.15, -0.1) is 0 Å². The zero-order valence-electron chi connectivity index (χ0n) is 22.7. The minimum absolute atomic E-state index is 0.0368. The van der Waals surface area contributed by atoms with E-state index in [1.165, 1.54) is 9.21 Å². The number of para-hydroxylation sites is 2. The lowest BCUT2D eigenvalue weighted by Gasteiger charge is -2.30. The molecule has 1 atom stereocenters. The van der Waals surface area contributed by atoms with Crippen molar-refractivity contribution in [3.8, 4) is 5.75 Å². The van der Waals surface area contributed by atoms with Crippen LogP contribution in [-0.4, -0.2) is 56.6 Å². The van der Waals surface area contributed by atoms with Gasteiger partial charge in [0.2, 0.25) is 21.8 Å². The van der Waals surface area contributed by atoms with E-state index in [1.54, 1.807) is 49.4 Å². The molecular formula is C28H37Cl2N3O5S. The van der Waals surface area contributed by atoms with Crippen molar-refractivity contribution >= 4 is 50.7 Å². The number of halogens is 2. The zero-order chi connectivity index (χ0) is 28.6. The Labute approximate surface area is 241 Å². The molecule has 1 saturated carbocycles. The summed E-state index contributed by atoms with van der Waals surface area (Å²) in [5.41, 5.74) is 1.08. The van der Waals surface area contributed by atoms with Crippen LogP contribution in [0.15, 0.2) is 42.5 Å². The van der Waals surface area contributed by atoms with E-state index < -0.39 is 16.1 Å². The predicted molar refractivity (Wildman–Crippen MR) is 156 cm³/mol. The van der Waals surface area contributed by atoms with Crippen LogP contribution < -0.4 is 14.4 Å². The molecule has 0 unspecified atom stereocenters. The Morgan fingerprint density at radius 2 is 1.82 bits per heavy atom. The normalized spacial score (nSPS) is 14.6. The van der Waals surface area contributed by atoms with E-state index in [4.69, 9.17) is 27.9 Å². The minimum atomic E-state index is -3.64. The number of ether oxygens (including phenoxy) is 1. The van der Waals surface area contributed by atoms with Crippen LogP contribution in [-0.2, 0) is 26.2 Å². The maximum absolute atomic E-state index is 13.5. The Morgan fingerprint density at radius 1 is 1.13 bits per heavy atom. The van der Waals surface area contributed by atoms with Gasteiger partial charge in [-0.1, -0.05) is 54.2 Å². The van der Waals surface area contributed by atoms with E-state index in [0.29, 0.717) is 33.7 Å². The Kier molecular flexibility index (Phi) is 11.3. The molecule has 1 aliphatic carbocycles. The summed E-state index contributed by atoms with van der Waals surface area (Å²) < 4.78 is 32.2. The van der Waals surface area contributed by atoms with Gasteiger partial charge in [0.15, 0.2) is 0 Å². The van der Waals surface area contributed by atoms with Gasteiger partial charge < -0.3 is 15.0 Å². The van der Waals surface area contributed by atoms with Crippen molar-refractivity contribution in [2.75, 3.05) is 23.7 Å². The third-order valence-corrected chi connectivity index (χ3v) is 8.58. The number of nitrogens with zero attached hydrogens (tertiary/aromatic N) is 2. The van der Waals surface area contributed by atoms with Gasteiger partial charge in [0.25, 0.3) is 0 Å². The summed E-state index contributed by atoms with van der Waals surface area (Å²) in [6.07, 6.45) is 5.42. The van der Waals surface area contributed by atoms with Gasteiger partial charge in [-0.25, -0.2) is 8.42 Å². The summed E-state index contributed by atoms with van der Waals surface area (Å²) in [6.45, 7) is 4.11. The molecule has 1 N–H and O–H groups in total. The lowest BCUT2D eigenvalue weighted by molar-refractivity contribution is -0.140. The Hall–Kier alpha value is -2.49. The first-order valence-corrected chi connectivity index (χ1v) is 15.8. The molecule has 3 rings (SSSR count). The highest BCUT2D eigenvalue weighted by molar-refractivity contribution is 7.92. The highest BCUT2D eigenvalue weighted by Gasteiger charge is 2.29. The highest BCUT2D eigenvalue weighted by atomic mass is 35.5. The first-order valence-electron chi connectivity index (χ1n) is 13.2. The SMILES string of the molecule is CCOc1ccccc1N(CCCC(=O)N(Cc1ccc(Cl)cc1Cl)[C@@H](C)C(=O)NC1CCCC1)S(C)(=O)=O. The minimum Gasteiger partial charge on any atom is -0.492 e. The van der Waals surface area contributed by atoms with E-state index in [9.17, 15) is 18.0 Å². The first-order chi connectivity index (χ1) is 18.5. The molecule has 0 aromatic heterocycles. The third-order valence-electron chi connectivity index (χ3n) is 6.81. The van der Waals surface area contributed by atoms with Gasteiger partial charge in [-0.05, 0) is 62.9 Å². The second kappa shape index (κ2) is 14.2. The number of carbonyl (C=O) groups excluding carboxylic acids is 2. The van der Waals surface area contributed by atoms with Gasteiger partial charge in [-0.2, -0.15) is 0 Å². The number of rotatable bonds is 13. The molecule has 1 aliphatic rings. The molecule has 0 spiro atoms. The van der Waals surface area contributed by atoms with Crippen LogP contribution in [0.2, 0.25) is 10.0 Å². The van der Waals surface area contributed by atoms with Crippen molar-refractivity contribution in [2.24, 2.45) is 0 Å². The fourth-order valence-corrected chi connectivity index (χ4v) is 6.17. The smallest absolute Gasteiger partial charge is 0.242 e. The molecule has 214 valence electrons. The van der Waals surface area contributed by atoms with Crippen molar-refractivity contribution in [1.29, 1.82) is 0 Å². The molecule has 39 heavy (non-hydrogen) atoms. The summed E-state index contributed by atoms with van der Waals surface area (Å²) in [5, 5.41) is 3.95. The molecule has 0 aliphatic heterocycles. The van der Waals surface area contributed by atoms with Crippen molar-refractivity contribution in [3.63, 3.8) is 0 Å². The van der Waals surface area contributed by atoms with Crippen LogP contribution in [0.25, 0.3) is 0 Å². The van der Waals surface area contributed by atoms with E-state index in [0.717, 1.165) is 31.9 Å². The summed E-state index contributed by atoms with van der Waals surface area (Å²) in [5.74, 6) is -0.0432. The van der Waals surface area contributed by atoms with Crippen molar-refractivity contribution in [3.05, 3.63) is 58.1 Å². The Morgan fingerprint density at radius 3 is 2.46 bits per heavy atom. The summed E-state index contributed by atoms with van der Waals surface area (Å²) in [4.78, 5) is 28.1. The molecule has 0 saturated heterocycles. The second-order valence-electron chi connectivity index (χ2n) is 9.76. The quantitative estimate of drug-likeness (QED) is 0.333. The van der Waals surface area contributed by atoms with Crippen LogP contribution in [0.1, 0.15) is 57.9 Å². The molecule has 0 heterocycles. The average Bonchev–Trinajstić information content (AvgIpc) is 3.39. The van der Waals surface area contributed by atoms with Crippen LogP contribution in [0.3, 0.4) is 0 Å². The second-order valence-corrected chi connectivity index (χ2v) is 12.5. The maximum atomic E-state index is 13.5. The molecule has 1 fully saturated rings. The number of nitrogens with one attached hydrogen (secondary N) is 1. The number of hydrogen-bond acceptors (Lipinski definition) is 5. The van der Waals surface area contributed by atoms with Gasteiger partial charge in [-0.3, -0.25) is 13.9 Å². The van der Waals surface area contributed by atoms with Crippen molar-refractivity contribution in [2.45, 2.75) is 71.0 Å². The van der Waals surface area contributed by atoms with Crippen LogP contribution in [0.4, 0.5) is 5.69 Å². The fraction of sp³-hybridized carbons (Fsp3) is 0.500. The molecular weight excluding hydrogens is 561 g/mol. The van der Waals surface area contributed by atoms with Crippen LogP contribution >= 0.6 is 23.2 Å². The molecule has 2 aromatic rings. The molecule has 0 bridgehead atoms. The monoisotopic (exact) mass is 597 g/mol. The largest absolute Gasteiger partial charge is 0.492 e. The lowest BCUT2D eigenvalue weighted by Crippen LogP contribution is -2.49. The van der Waals surface area contributed by atoms with Crippen molar-refractivity contribution in [1.82, 2.24) is 10.2 Å². The molecule has 2 amide bonds. The zero-order valence-corrected chi connectivity index (χ0v) is 25.0. The van der Waals surface area contributed by atoms with Crippen LogP contribution in [0.5, 0.6) is 5.75 Å². The third kappa shape index (κ3) is 8.75. The number of hydrogen-bond donors (Lipinski definition) is 1. The van der Waals surface area contributed by atoms with Crippen LogP contribution in [0, 0.1) is 0 Å². The number of carbonyl (C=O) groups is 2. The molecule has 2 aromatic carbocycles. The molecule has 8 nitrogen and oxygen atoms in total. The fourth-order valence-electron chi connectivity index (χ4n) is 4.73. The predicted octanol–water partition coefficient (Wildman–Crippen LogP) is 5.41. The Balaban J connectivity index is 1.77. The summed E-state index contributed by atoms with van der Waals surface area (Å²) >= 11 is 12.4. The standard InChI is InChI=1S/C28H37Cl2N3O5S/c1-4-38-26-13-8-7-12-25(26)33(39(3,36)37)17-9-14-27(34)32(19-21-15-16-22(29)18-24(21)30)20(2)28(35)31-23-10-5-6-11-23/h7-8,12-13,15-16,18,20,23H,4-6,9-11,14,17,19H2,1-3H3,(H,31,35)/t20-/m0/s1. The van der Waals surface area contributed by atoms with Gasteiger partial charge >= 0.3 is 0 Å². The van der Waals surface area contributed by atoms with Gasteiger partial charge in [0.1, 0.15) is 11.8 Å². The highest BCUT2D eigenvalue weighted by Crippen LogP contribution is 2.30. The van der Waals surface area contributed by atoms with E-state index in [-0.39, 0.29) is 43.8 Å². The Bertz CT molecular complexity index is 1250. The average molecular weight is 599 g/mol. The number of benzene rings is 2. The van der Waals surface area contributed by atoms with E-state index in [1.807, 2.05) is 6.92 Å². The maximum Gasteiger partial charge on any atom is 0.242 e. The number of sulfonamides is 1. The molecule has 11 heteroatoms. The number of amides is 2. The van der Waals surface area contributed by atoms with E-state index >= 15 is 0 Å². The molecule has 0 radical (unpaired) electrons. The lowest BCUT2D eigenvalue weighted by atomic mass is 10.1. The topological polar surface area (TPSA) is 96.0 Å². The van der Waals surface area contributed by atoms with Gasteiger partial charge in [0, 0.05) is 35.6 Å². The van der Waals surface area contributed by atoms with E-state index in [2.05, 4.69) is 5.32 Å². The van der Waals surface area contributed by atoms with Gasteiger partial charge in [0.05, 0.1) is 18.6 Å². The first kappa shape index (κ1) is 31.0. The summed E-state index contributed by atoms with van der Waals surface area (Å²) in [6, 6.07) is 11.3.